The van der Waals surface area contributed by atoms with Crippen molar-refractivity contribution in [3.05, 3.63) is 311 Å². The Hall–Kier alpha value is -9.82. The smallest absolute Gasteiger partial charge is 0.0336 e. The van der Waals surface area contributed by atoms with Gasteiger partial charge < -0.3 is 0 Å². The van der Waals surface area contributed by atoms with E-state index in [0.29, 0.717) is 0 Å². The molecule has 0 amide bonds. The van der Waals surface area contributed by atoms with Crippen molar-refractivity contribution in [1.82, 2.24) is 0 Å². The van der Waals surface area contributed by atoms with Crippen LogP contribution in [0.3, 0.4) is 0 Å². The molecule has 12 aromatic carbocycles. The molecular formula is C99H126. The normalized spacial score (nSPS) is 8.68. The van der Waals surface area contributed by atoms with E-state index in [1.54, 1.807) is 0 Å². The molecule has 522 valence electrons. The summed E-state index contributed by atoms with van der Waals surface area (Å²) in [4.78, 5) is 0. The maximum Gasteiger partial charge on any atom is 0.0336 e. The summed E-state index contributed by atoms with van der Waals surface area (Å²) in [5.74, 6) is 17.2. The molecule has 0 unspecified atom stereocenters. The Bertz CT molecular complexity index is 4000. The number of terminal acetylenes is 2. The van der Waals surface area contributed by atoms with E-state index in [9.17, 15) is 0 Å². The second kappa shape index (κ2) is 63.0. The minimum Gasteiger partial charge on any atom is -0.115 e. The molecule has 0 heterocycles. The molecule has 0 aromatic heterocycles. The fourth-order valence-corrected chi connectivity index (χ4v) is 8.43. The maximum absolute atomic E-state index is 5.48. The summed E-state index contributed by atoms with van der Waals surface area (Å²) in [7, 11) is 0. The van der Waals surface area contributed by atoms with E-state index >= 15 is 0 Å². The molecule has 0 fully saturated rings. The Morgan fingerprint density at radius 2 is 0.545 bits per heavy atom. The number of fused-ring (bicyclic) bond motifs is 5. The van der Waals surface area contributed by atoms with Crippen molar-refractivity contribution in [2.45, 2.75) is 198 Å². The van der Waals surface area contributed by atoms with Crippen LogP contribution in [0.15, 0.2) is 261 Å². The van der Waals surface area contributed by atoms with E-state index in [0.717, 1.165) is 43.8 Å². The van der Waals surface area contributed by atoms with Crippen LogP contribution < -0.4 is 0 Å². The standard InChI is InChI=1S/2C15H10.3C11H10.2C7H8.7C3H8.CH4/c1-3-7-12-10-13(4-2)15-9-6-5-8-14(15)11-12;1-3-7-13-10-12(4-2)11-14-8-5-6-9-15(13)14;2*1-9-5-4-7-10-6-2-3-8-11(9)10;1-9-6-7-10-4-2-3-5-11(10)8-9;2*1-7-5-3-2-4-6-7;7*1-3-2;/h2*2,5-6,8-11H,1H3;3*2-8H,1H3;2*2-6H,1H3;7*3H2,1-2H3;1H4. The first-order valence-corrected chi connectivity index (χ1v) is 35.7. The Balaban J connectivity index is -0.00000104. The number of aryl methyl sites for hydroxylation is 5. The van der Waals surface area contributed by atoms with Gasteiger partial charge in [-0.05, 0) is 138 Å². The molecule has 0 aliphatic rings. The van der Waals surface area contributed by atoms with Gasteiger partial charge >= 0.3 is 0 Å². The largest absolute Gasteiger partial charge is 0.115 e. The monoisotopic (exact) mass is 1310 g/mol. The Morgan fingerprint density at radius 3 is 0.889 bits per heavy atom. The lowest BCUT2D eigenvalue weighted by Gasteiger charge is -2.01. The van der Waals surface area contributed by atoms with Crippen LogP contribution in [0, 0.1) is 83.0 Å². The molecule has 0 radical (unpaired) electrons. The average Bonchev–Trinajstić information content (AvgIpc) is 0.832. The fourth-order valence-electron chi connectivity index (χ4n) is 8.43. The van der Waals surface area contributed by atoms with Gasteiger partial charge in [0, 0.05) is 22.3 Å². The van der Waals surface area contributed by atoms with Gasteiger partial charge in [-0.1, -0.05) is 426 Å². The van der Waals surface area contributed by atoms with Crippen LogP contribution in [-0.4, -0.2) is 0 Å². The number of hydrogen-bond acceptors (Lipinski definition) is 0. The molecule has 0 heteroatoms. The molecule has 0 saturated heterocycles. The summed E-state index contributed by atoms with van der Waals surface area (Å²) >= 11 is 0. The second-order valence-corrected chi connectivity index (χ2v) is 23.2. The number of rotatable bonds is 0. The van der Waals surface area contributed by atoms with Crippen LogP contribution in [0.4, 0.5) is 0 Å². The highest BCUT2D eigenvalue weighted by molar-refractivity contribution is 5.91. The topological polar surface area (TPSA) is 0 Å². The van der Waals surface area contributed by atoms with E-state index in [1.807, 2.05) is 98.8 Å². The van der Waals surface area contributed by atoms with Gasteiger partial charge in [0.1, 0.15) is 0 Å². The molecule has 0 atom stereocenters. The molecule has 0 aliphatic heterocycles. The third kappa shape index (κ3) is 42.5. The lowest BCUT2D eigenvalue weighted by atomic mass is 10.0. The van der Waals surface area contributed by atoms with E-state index in [4.69, 9.17) is 12.8 Å². The maximum atomic E-state index is 5.48. The van der Waals surface area contributed by atoms with Crippen molar-refractivity contribution in [3.8, 4) is 48.4 Å². The highest BCUT2D eigenvalue weighted by atomic mass is 14.0. The molecular weight excluding hydrogens is 1190 g/mol. The zero-order valence-corrected chi connectivity index (χ0v) is 64.4. The lowest BCUT2D eigenvalue weighted by molar-refractivity contribution is 1.09. The van der Waals surface area contributed by atoms with Gasteiger partial charge in [0.2, 0.25) is 0 Å². The predicted octanol–water partition coefficient (Wildman–Crippen LogP) is 30.4. The SMILES string of the molecule is C.C#Cc1cc(C#CC)c2ccccc2c1.C#Cc1cc(C#CC)cc2ccccc12.CCC.CCC.CCC.CCC.CCC.CCC.CCC.Cc1ccc2ccccc2c1.Cc1cccc2ccccc12.Cc1cccc2ccccc12.Cc1ccccc1.Cc1ccccc1. The van der Waals surface area contributed by atoms with Crippen molar-refractivity contribution in [2.75, 3.05) is 0 Å². The highest BCUT2D eigenvalue weighted by Crippen LogP contribution is 2.22. The molecule has 12 aromatic rings. The van der Waals surface area contributed by atoms with Crippen molar-refractivity contribution in [1.29, 1.82) is 0 Å². The minimum atomic E-state index is 0. The third-order valence-corrected chi connectivity index (χ3v) is 12.4. The molecule has 0 N–H and O–H groups in total. The van der Waals surface area contributed by atoms with Gasteiger partial charge in [0.15, 0.2) is 0 Å². The summed E-state index contributed by atoms with van der Waals surface area (Å²) in [6.45, 7) is 44.0. The average molecular weight is 1320 g/mol. The van der Waals surface area contributed by atoms with E-state index in [2.05, 4.69) is 343 Å². The van der Waals surface area contributed by atoms with Gasteiger partial charge in [-0.2, -0.15) is 0 Å². The summed E-state index contributed by atoms with van der Waals surface area (Å²) < 4.78 is 0. The first kappa shape index (κ1) is 93.4. The predicted molar refractivity (Wildman–Crippen MR) is 456 cm³/mol. The molecule has 0 aliphatic carbocycles. The van der Waals surface area contributed by atoms with Crippen LogP contribution in [0.2, 0.25) is 0 Å². The second-order valence-electron chi connectivity index (χ2n) is 23.2. The summed E-state index contributed by atoms with van der Waals surface area (Å²) in [6.07, 6.45) is 19.6. The van der Waals surface area contributed by atoms with Crippen LogP contribution in [0.5, 0.6) is 0 Å². The quantitative estimate of drug-likeness (QED) is 0.133. The lowest BCUT2D eigenvalue weighted by Crippen LogP contribution is -1.83. The van der Waals surface area contributed by atoms with Gasteiger partial charge in [-0.25, -0.2) is 0 Å². The van der Waals surface area contributed by atoms with E-state index < -0.39 is 0 Å². The Labute approximate surface area is 607 Å². The number of hydrogen-bond donors (Lipinski definition) is 0. The summed E-state index contributed by atoms with van der Waals surface area (Å²) in [5.41, 5.74) is 10.4. The first-order valence-electron chi connectivity index (χ1n) is 35.7. The van der Waals surface area contributed by atoms with Gasteiger partial charge in [0.05, 0.1) is 0 Å². The third-order valence-electron chi connectivity index (χ3n) is 12.4. The van der Waals surface area contributed by atoms with Crippen molar-refractivity contribution >= 4 is 53.9 Å². The minimum absolute atomic E-state index is 0. The number of benzene rings is 12. The van der Waals surface area contributed by atoms with Crippen molar-refractivity contribution in [2.24, 2.45) is 0 Å². The Morgan fingerprint density at radius 1 is 0.242 bits per heavy atom. The Kier molecular flexibility index (Phi) is 59.4. The molecule has 99 heavy (non-hydrogen) atoms. The molecule has 0 spiro atoms. The van der Waals surface area contributed by atoms with Crippen molar-refractivity contribution in [3.63, 3.8) is 0 Å². The molecule has 12 rings (SSSR count). The molecule has 0 bridgehead atoms. The van der Waals surface area contributed by atoms with Crippen LogP contribution in [0.1, 0.15) is 213 Å². The van der Waals surface area contributed by atoms with Gasteiger partial charge in [-0.15, -0.1) is 24.7 Å². The van der Waals surface area contributed by atoms with Gasteiger partial charge in [0.25, 0.3) is 0 Å². The van der Waals surface area contributed by atoms with E-state index in [1.165, 1.54) is 105 Å². The highest BCUT2D eigenvalue weighted by Gasteiger charge is 2.02. The first-order chi connectivity index (χ1) is 47.5. The van der Waals surface area contributed by atoms with E-state index in [-0.39, 0.29) is 7.43 Å². The molecule has 0 saturated carbocycles. The van der Waals surface area contributed by atoms with Crippen LogP contribution in [-0.2, 0) is 0 Å². The van der Waals surface area contributed by atoms with Crippen LogP contribution >= 0.6 is 0 Å². The zero-order valence-electron chi connectivity index (χ0n) is 64.4. The van der Waals surface area contributed by atoms with Crippen LogP contribution in [0.25, 0.3) is 53.9 Å². The van der Waals surface area contributed by atoms with Crippen molar-refractivity contribution < 1.29 is 0 Å². The zero-order chi connectivity index (χ0) is 73.6. The summed E-state index contributed by atoms with van der Waals surface area (Å²) in [6, 6.07) is 89.3. The summed E-state index contributed by atoms with van der Waals surface area (Å²) in [5, 5.41) is 12.6. The fraction of sp³-hybridized carbons (Fsp3) is 0.293. The molecule has 0 nitrogen and oxygen atoms in total. The van der Waals surface area contributed by atoms with Gasteiger partial charge in [-0.3, -0.25) is 0 Å².